The van der Waals surface area contributed by atoms with E-state index in [1.54, 1.807) is 0 Å². The van der Waals surface area contributed by atoms with Gasteiger partial charge in [-0.05, 0) is 38.2 Å². The van der Waals surface area contributed by atoms with Crippen LogP contribution < -0.4 is 15.8 Å². The minimum absolute atomic E-state index is 0.514. The van der Waals surface area contributed by atoms with E-state index < -0.39 is 0 Å². The van der Waals surface area contributed by atoms with Crippen LogP contribution in [0, 0.1) is 0 Å². The lowest BCUT2D eigenvalue weighted by molar-refractivity contribution is 0.261. The van der Waals surface area contributed by atoms with E-state index in [0.29, 0.717) is 19.1 Å². The molecule has 0 atom stereocenters. The Hall–Kier alpha value is -1.75. The Kier molecular flexibility index (Phi) is 9.87. The summed E-state index contributed by atoms with van der Waals surface area (Å²) in [6, 6.07) is 8.02. The van der Waals surface area contributed by atoms with E-state index in [9.17, 15) is 0 Å². The van der Waals surface area contributed by atoms with Crippen LogP contribution in [-0.2, 0) is 6.54 Å². The number of guanidine groups is 1. The molecule has 0 heterocycles. The number of hydrogen-bond donors (Lipinski definition) is 2. The van der Waals surface area contributed by atoms with Gasteiger partial charge in [-0.1, -0.05) is 38.3 Å². The predicted molar refractivity (Wildman–Crippen MR) is 98.0 cm³/mol. The van der Waals surface area contributed by atoms with Crippen molar-refractivity contribution in [3.8, 4) is 5.75 Å². The van der Waals surface area contributed by atoms with E-state index in [1.165, 1.54) is 19.3 Å². The van der Waals surface area contributed by atoms with Crippen molar-refractivity contribution in [2.45, 2.75) is 39.2 Å². The molecule has 0 aliphatic rings. The van der Waals surface area contributed by atoms with Gasteiger partial charge in [0.1, 0.15) is 12.4 Å². The molecule has 0 radical (unpaired) electrons. The lowest BCUT2D eigenvalue weighted by Gasteiger charge is -2.11. The maximum atomic E-state index is 5.89. The van der Waals surface area contributed by atoms with Crippen LogP contribution in [0.1, 0.15) is 38.2 Å². The topological polar surface area (TPSA) is 62.9 Å². The Morgan fingerprint density at radius 1 is 1.26 bits per heavy atom. The van der Waals surface area contributed by atoms with Crippen LogP contribution in [0.3, 0.4) is 0 Å². The third-order valence-electron chi connectivity index (χ3n) is 3.47. The van der Waals surface area contributed by atoms with E-state index in [1.807, 2.05) is 38.4 Å². The zero-order valence-corrected chi connectivity index (χ0v) is 14.8. The highest BCUT2D eigenvalue weighted by Crippen LogP contribution is 2.14. The van der Waals surface area contributed by atoms with Gasteiger partial charge < -0.3 is 20.7 Å². The number of aliphatic imine (C=N–C) groups is 1. The number of nitrogens with zero attached hydrogens (tertiary/aromatic N) is 2. The molecular formula is C18H32N4O. The Morgan fingerprint density at radius 2 is 2.09 bits per heavy atom. The predicted octanol–water partition coefficient (Wildman–Crippen LogP) is 2.61. The minimum Gasteiger partial charge on any atom is -0.492 e. The van der Waals surface area contributed by atoms with Crippen molar-refractivity contribution in [1.29, 1.82) is 0 Å². The van der Waals surface area contributed by atoms with Crippen molar-refractivity contribution in [3.05, 3.63) is 29.8 Å². The number of nitrogens with two attached hydrogens (primary N) is 1. The summed E-state index contributed by atoms with van der Waals surface area (Å²) in [5.41, 5.74) is 6.99. The van der Waals surface area contributed by atoms with Crippen LogP contribution in [0.2, 0.25) is 0 Å². The minimum atomic E-state index is 0.514. The standard InChI is InChI=1S/C18H32N4O/c1-4-5-6-7-11-20-18(19)21-15-16-9-8-10-17(14-16)23-13-12-22(2)3/h8-10,14H,4-7,11-13,15H2,1-3H3,(H3,19,20,21). The average Bonchev–Trinajstić information content (AvgIpc) is 2.53. The maximum absolute atomic E-state index is 5.89. The lowest BCUT2D eigenvalue weighted by atomic mass is 10.2. The molecule has 0 spiro atoms. The SMILES string of the molecule is CCCCCCNC(N)=NCc1cccc(OCCN(C)C)c1. The fraction of sp³-hybridized carbons (Fsp3) is 0.611. The van der Waals surface area contributed by atoms with Crippen molar-refractivity contribution >= 4 is 5.96 Å². The first-order chi connectivity index (χ1) is 11.1. The molecule has 0 fully saturated rings. The maximum Gasteiger partial charge on any atom is 0.188 e. The summed E-state index contributed by atoms with van der Waals surface area (Å²) >= 11 is 0. The third-order valence-corrected chi connectivity index (χ3v) is 3.47. The van der Waals surface area contributed by atoms with Crippen LogP contribution in [0.15, 0.2) is 29.3 Å². The summed E-state index contributed by atoms with van der Waals surface area (Å²) in [4.78, 5) is 6.48. The molecule has 0 aromatic heterocycles. The summed E-state index contributed by atoms with van der Waals surface area (Å²) in [6.07, 6.45) is 4.90. The number of benzene rings is 1. The number of hydrogen-bond acceptors (Lipinski definition) is 3. The lowest BCUT2D eigenvalue weighted by Crippen LogP contribution is -2.32. The molecule has 0 amide bonds. The van der Waals surface area contributed by atoms with Gasteiger partial charge in [-0.2, -0.15) is 0 Å². The quantitative estimate of drug-likeness (QED) is 0.374. The number of nitrogens with one attached hydrogen (secondary N) is 1. The van der Waals surface area contributed by atoms with Gasteiger partial charge in [0.2, 0.25) is 0 Å². The molecule has 0 saturated carbocycles. The molecule has 0 unspecified atom stereocenters. The van der Waals surface area contributed by atoms with Crippen molar-refractivity contribution in [1.82, 2.24) is 10.2 Å². The van der Waals surface area contributed by atoms with Crippen LogP contribution in [0.25, 0.3) is 0 Å². The molecule has 23 heavy (non-hydrogen) atoms. The van der Waals surface area contributed by atoms with Crippen LogP contribution in [0.5, 0.6) is 5.75 Å². The molecule has 5 nitrogen and oxygen atoms in total. The molecule has 0 aliphatic heterocycles. The fourth-order valence-corrected chi connectivity index (χ4v) is 2.08. The highest BCUT2D eigenvalue weighted by Gasteiger charge is 1.98. The largest absolute Gasteiger partial charge is 0.492 e. The second-order valence-electron chi connectivity index (χ2n) is 5.99. The van der Waals surface area contributed by atoms with Crippen molar-refractivity contribution in [2.75, 3.05) is 33.8 Å². The van der Waals surface area contributed by atoms with Crippen LogP contribution >= 0.6 is 0 Å². The molecule has 1 aromatic carbocycles. The van der Waals surface area contributed by atoms with E-state index >= 15 is 0 Å². The first kappa shape index (κ1) is 19.3. The Bertz CT molecular complexity index is 460. The van der Waals surface area contributed by atoms with Crippen molar-refractivity contribution in [2.24, 2.45) is 10.7 Å². The Balaban J connectivity index is 2.33. The molecule has 0 saturated heterocycles. The second kappa shape index (κ2) is 11.8. The molecule has 1 aromatic rings. The molecule has 3 N–H and O–H groups in total. The monoisotopic (exact) mass is 320 g/mol. The first-order valence-corrected chi connectivity index (χ1v) is 8.52. The van der Waals surface area contributed by atoms with Crippen molar-refractivity contribution < 1.29 is 4.74 Å². The normalized spacial score (nSPS) is 11.7. The third kappa shape index (κ3) is 9.79. The van der Waals surface area contributed by atoms with Gasteiger partial charge in [-0.25, -0.2) is 4.99 Å². The molecule has 0 aliphatic carbocycles. The van der Waals surface area contributed by atoms with E-state index in [4.69, 9.17) is 10.5 Å². The summed E-state index contributed by atoms with van der Waals surface area (Å²) in [5.74, 6) is 1.39. The second-order valence-corrected chi connectivity index (χ2v) is 5.99. The Labute approximate surface area is 140 Å². The van der Waals surface area contributed by atoms with E-state index in [-0.39, 0.29) is 0 Å². The molecule has 1 rings (SSSR count). The van der Waals surface area contributed by atoms with Gasteiger partial charge in [0, 0.05) is 13.1 Å². The highest BCUT2D eigenvalue weighted by molar-refractivity contribution is 5.77. The van der Waals surface area contributed by atoms with Gasteiger partial charge in [0.25, 0.3) is 0 Å². The van der Waals surface area contributed by atoms with Gasteiger partial charge in [0.05, 0.1) is 6.54 Å². The molecule has 0 bridgehead atoms. The number of rotatable bonds is 11. The molecular weight excluding hydrogens is 288 g/mol. The summed E-state index contributed by atoms with van der Waals surface area (Å²) < 4.78 is 5.73. The smallest absolute Gasteiger partial charge is 0.188 e. The van der Waals surface area contributed by atoms with Gasteiger partial charge in [-0.15, -0.1) is 0 Å². The zero-order valence-electron chi connectivity index (χ0n) is 14.8. The fourth-order valence-electron chi connectivity index (χ4n) is 2.08. The summed E-state index contributed by atoms with van der Waals surface area (Å²) in [7, 11) is 4.07. The Morgan fingerprint density at radius 3 is 2.83 bits per heavy atom. The first-order valence-electron chi connectivity index (χ1n) is 8.52. The number of unbranched alkanes of at least 4 members (excludes halogenated alkanes) is 3. The highest BCUT2D eigenvalue weighted by atomic mass is 16.5. The van der Waals surface area contributed by atoms with Crippen LogP contribution in [0.4, 0.5) is 0 Å². The van der Waals surface area contributed by atoms with Gasteiger partial charge >= 0.3 is 0 Å². The van der Waals surface area contributed by atoms with Crippen LogP contribution in [-0.4, -0.2) is 44.7 Å². The molecule has 5 heteroatoms. The summed E-state index contributed by atoms with van der Waals surface area (Å²) in [5, 5.41) is 3.16. The molecule has 130 valence electrons. The average molecular weight is 320 g/mol. The number of likely N-dealkylation sites (N-methyl/N-ethyl adjacent to an activating group) is 1. The number of ether oxygens (including phenoxy) is 1. The van der Waals surface area contributed by atoms with E-state index in [2.05, 4.69) is 22.1 Å². The zero-order chi connectivity index (χ0) is 16.9. The van der Waals surface area contributed by atoms with Gasteiger partial charge in [-0.3, -0.25) is 0 Å². The summed E-state index contributed by atoms with van der Waals surface area (Å²) in [6.45, 7) is 5.25. The van der Waals surface area contributed by atoms with E-state index in [0.717, 1.165) is 30.8 Å². The van der Waals surface area contributed by atoms with Crippen molar-refractivity contribution in [3.63, 3.8) is 0 Å². The van der Waals surface area contributed by atoms with Gasteiger partial charge in [0.15, 0.2) is 5.96 Å².